The second kappa shape index (κ2) is 6.23. The van der Waals surface area contributed by atoms with Gasteiger partial charge in [-0.1, -0.05) is 6.92 Å². The maximum absolute atomic E-state index is 11.6. The third-order valence-electron chi connectivity index (χ3n) is 3.88. The number of rotatable bonds is 6. The molecule has 0 spiro atoms. The number of carboxylic acid groups (broad SMARTS) is 1. The number of carbonyl (C=O) groups excluding carboxylic acids is 1. The number of aliphatic carboxylic acids is 1. The predicted octanol–water partition coefficient (Wildman–Crippen LogP) is 0.964. The molecule has 3 atom stereocenters. The highest BCUT2D eigenvalue weighted by atomic mass is 16.5. The molecule has 1 aliphatic carbocycles. The summed E-state index contributed by atoms with van der Waals surface area (Å²) in [5.41, 5.74) is 0. The number of carbonyl (C=O) groups is 2. The lowest BCUT2D eigenvalue weighted by molar-refractivity contribution is -0.149. The molecule has 0 aromatic rings. The first kappa shape index (κ1) is 14.1. The summed E-state index contributed by atoms with van der Waals surface area (Å²) in [7, 11) is 0. The fraction of sp³-hybridized carbons (Fsp3) is 0.846. The Hall–Kier alpha value is -1.30. The molecule has 1 saturated heterocycles. The molecular weight excluding hydrogens is 248 g/mol. The van der Waals surface area contributed by atoms with Gasteiger partial charge in [-0.05, 0) is 37.5 Å². The molecule has 1 aliphatic heterocycles. The molecule has 2 amide bonds. The lowest BCUT2D eigenvalue weighted by atomic mass is 10.1. The molecule has 6 nitrogen and oxygen atoms in total. The van der Waals surface area contributed by atoms with Crippen molar-refractivity contribution in [1.29, 1.82) is 0 Å². The van der Waals surface area contributed by atoms with E-state index in [4.69, 9.17) is 9.84 Å². The van der Waals surface area contributed by atoms with Crippen molar-refractivity contribution in [2.75, 3.05) is 13.1 Å². The minimum atomic E-state index is -0.926. The van der Waals surface area contributed by atoms with Crippen molar-refractivity contribution in [3.05, 3.63) is 0 Å². The van der Waals surface area contributed by atoms with Crippen LogP contribution in [0.3, 0.4) is 0 Å². The van der Waals surface area contributed by atoms with Gasteiger partial charge in [0.15, 0.2) is 6.10 Å². The van der Waals surface area contributed by atoms with Gasteiger partial charge in [-0.2, -0.15) is 0 Å². The molecule has 3 unspecified atom stereocenters. The summed E-state index contributed by atoms with van der Waals surface area (Å²) in [6, 6.07) is -0.199. The minimum absolute atomic E-state index is 0.187. The van der Waals surface area contributed by atoms with Crippen LogP contribution in [-0.4, -0.2) is 42.4 Å². The molecule has 2 aliphatic rings. The second-order valence-corrected chi connectivity index (χ2v) is 5.57. The van der Waals surface area contributed by atoms with Gasteiger partial charge in [-0.15, -0.1) is 0 Å². The van der Waals surface area contributed by atoms with Gasteiger partial charge in [0.1, 0.15) is 0 Å². The van der Waals surface area contributed by atoms with E-state index in [1.54, 1.807) is 0 Å². The average Bonchev–Trinajstić information content (AvgIpc) is 3.12. The van der Waals surface area contributed by atoms with Crippen LogP contribution in [0.1, 0.15) is 32.6 Å². The standard InChI is InChI=1S/C13H22N2O4/c1-8(9-2-3-9)6-14-13(18)15-7-10-4-5-11(19-10)12(16)17/h8-11H,2-7H2,1H3,(H,16,17)(H2,14,15,18). The number of urea groups is 1. The maximum Gasteiger partial charge on any atom is 0.332 e. The third kappa shape index (κ3) is 4.38. The Kier molecular flexibility index (Phi) is 4.63. The number of amides is 2. The fourth-order valence-corrected chi connectivity index (χ4v) is 2.39. The summed E-state index contributed by atoms with van der Waals surface area (Å²) in [4.78, 5) is 22.3. The van der Waals surface area contributed by atoms with E-state index in [0.717, 1.165) is 5.92 Å². The Balaban J connectivity index is 1.57. The summed E-state index contributed by atoms with van der Waals surface area (Å²) in [5, 5.41) is 14.4. The average molecular weight is 270 g/mol. The third-order valence-corrected chi connectivity index (χ3v) is 3.88. The second-order valence-electron chi connectivity index (χ2n) is 5.57. The van der Waals surface area contributed by atoms with Gasteiger partial charge in [-0.25, -0.2) is 9.59 Å². The van der Waals surface area contributed by atoms with E-state index < -0.39 is 12.1 Å². The van der Waals surface area contributed by atoms with E-state index in [1.807, 2.05) is 0 Å². The number of nitrogens with one attached hydrogen (secondary N) is 2. The molecule has 0 aromatic heterocycles. The van der Waals surface area contributed by atoms with Gasteiger partial charge in [0, 0.05) is 13.1 Å². The lowest BCUT2D eigenvalue weighted by Gasteiger charge is -2.15. The number of hydrogen-bond acceptors (Lipinski definition) is 3. The molecule has 19 heavy (non-hydrogen) atoms. The topological polar surface area (TPSA) is 87.7 Å². The maximum atomic E-state index is 11.6. The van der Waals surface area contributed by atoms with E-state index in [-0.39, 0.29) is 12.1 Å². The summed E-state index contributed by atoms with van der Waals surface area (Å²) in [5.74, 6) is 0.380. The van der Waals surface area contributed by atoms with E-state index in [0.29, 0.717) is 31.8 Å². The van der Waals surface area contributed by atoms with Crippen LogP contribution in [-0.2, 0) is 9.53 Å². The normalized spacial score (nSPS) is 27.8. The van der Waals surface area contributed by atoms with Crippen LogP contribution in [0.5, 0.6) is 0 Å². The first-order chi connectivity index (χ1) is 9.06. The van der Waals surface area contributed by atoms with Crippen molar-refractivity contribution in [3.63, 3.8) is 0 Å². The highest BCUT2D eigenvalue weighted by Gasteiger charge is 2.31. The van der Waals surface area contributed by atoms with Crippen molar-refractivity contribution in [2.45, 2.75) is 44.8 Å². The van der Waals surface area contributed by atoms with Crippen LogP contribution in [0.15, 0.2) is 0 Å². The molecule has 1 heterocycles. The van der Waals surface area contributed by atoms with E-state index in [9.17, 15) is 9.59 Å². The molecule has 2 fully saturated rings. The smallest absolute Gasteiger partial charge is 0.332 e. The molecule has 6 heteroatoms. The Labute approximate surface area is 112 Å². The molecule has 3 N–H and O–H groups in total. The van der Waals surface area contributed by atoms with Crippen LogP contribution >= 0.6 is 0 Å². The van der Waals surface area contributed by atoms with Crippen LogP contribution in [0.2, 0.25) is 0 Å². The number of hydrogen-bond donors (Lipinski definition) is 3. The van der Waals surface area contributed by atoms with Crippen molar-refractivity contribution >= 4 is 12.0 Å². The summed E-state index contributed by atoms with van der Waals surface area (Å²) in [6.07, 6.45) is 2.84. The first-order valence-corrected chi connectivity index (χ1v) is 6.96. The highest BCUT2D eigenvalue weighted by molar-refractivity contribution is 5.74. The zero-order valence-corrected chi connectivity index (χ0v) is 11.2. The van der Waals surface area contributed by atoms with Gasteiger partial charge < -0.3 is 20.5 Å². The van der Waals surface area contributed by atoms with Crippen LogP contribution < -0.4 is 10.6 Å². The van der Waals surface area contributed by atoms with E-state index >= 15 is 0 Å². The summed E-state index contributed by atoms with van der Waals surface area (Å²) >= 11 is 0. The van der Waals surface area contributed by atoms with E-state index in [1.165, 1.54) is 12.8 Å². The lowest BCUT2D eigenvalue weighted by Crippen LogP contribution is -2.41. The minimum Gasteiger partial charge on any atom is -0.479 e. The molecule has 108 valence electrons. The van der Waals surface area contributed by atoms with Crippen LogP contribution in [0.4, 0.5) is 4.79 Å². The first-order valence-electron chi connectivity index (χ1n) is 6.96. The summed E-state index contributed by atoms with van der Waals surface area (Å²) in [6.45, 7) is 3.21. The Morgan fingerprint density at radius 2 is 2.00 bits per heavy atom. The summed E-state index contributed by atoms with van der Waals surface area (Å²) < 4.78 is 5.31. The number of ether oxygens (including phenoxy) is 1. The monoisotopic (exact) mass is 270 g/mol. The van der Waals surface area contributed by atoms with Gasteiger partial charge in [0.25, 0.3) is 0 Å². The van der Waals surface area contributed by atoms with Gasteiger partial charge in [0.2, 0.25) is 0 Å². The zero-order chi connectivity index (χ0) is 13.8. The Morgan fingerprint density at radius 3 is 2.58 bits per heavy atom. The van der Waals surface area contributed by atoms with Gasteiger partial charge in [-0.3, -0.25) is 0 Å². The van der Waals surface area contributed by atoms with Gasteiger partial charge >= 0.3 is 12.0 Å². The van der Waals surface area contributed by atoms with Crippen molar-refractivity contribution in [3.8, 4) is 0 Å². The SMILES string of the molecule is CC(CNC(=O)NCC1CCC(C(=O)O)O1)C1CC1. The Bertz CT molecular complexity index is 344. The Morgan fingerprint density at radius 1 is 1.26 bits per heavy atom. The highest BCUT2D eigenvalue weighted by Crippen LogP contribution is 2.35. The molecular formula is C13H22N2O4. The molecule has 2 rings (SSSR count). The molecule has 0 bridgehead atoms. The fourth-order valence-electron chi connectivity index (χ4n) is 2.39. The molecule has 1 saturated carbocycles. The largest absolute Gasteiger partial charge is 0.479 e. The van der Waals surface area contributed by atoms with Crippen LogP contribution in [0.25, 0.3) is 0 Å². The van der Waals surface area contributed by atoms with E-state index in [2.05, 4.69) is 17.6 Å². The molecule has 0 aromatic carbocycles. The quantitative estimate of drug-likeness (QED) is 0.671. The van der Waals surface area contributed by atoms with Crippen LogP contribution in [0, 0.1) is 11.8 Å². The predicted molar refractivity (Wildman–Crippen MR) is 68.8 cm³/mol. The zero-order valence-electron chi connectivity index (χ0n) is 11.2. The van der Waals surface area contributed by atoms with Crippen molar-refractivity contribution < 1.29 is 19.4 Å². The number of carboxylic acids is 1. The van der Waals surface area contributed by atoms with Crippen molar-refractivity contribution in [2.24, 2.45) is 11.8 Å². The molecule has 0 radical (unpaired) electrons. The van der Waals surface area contributed by atoms with Crippen molar-refractivity contribution in [1.82, 2.24) is 10.6 Å². The van der Waals surface area contributed by atoms with Gasteiger partial charge in [0.05, 0.1) is 6.10 Å².